The van der Waals surface area contributed by atoms with Gasteiger partial charge in [0.05, 0.1) is 36.8 Å². The fourth-order valence-electron chi connectivity index (χ4n) is 10.9. The highest BCUT2D eigenvalue weighted by molar-refractivity contribution is 5.86. The number of carbonyl (C=O) groups excluding carboxylic acids is 5. The first-order valence-electron chi connectivity index (χ1n) is 27.9. The van der Waals surface area contributed by atoms with Crippen molar-refractivity contribution in [2.24, 2.45) is 35.5 Å². The SMILES string of the molecule is CC[C@H](C)[C@@H]([C@H](OC)OC(=O)O)N(C)C(=O)[C@@H](CC(=O)OCC1c2ccccc2-c2ccccc21)C(C)C.CC[C@H](C)[C@@H]([C@H](OC)OC(=O)OC(C)(C)C)N(C)C(=O)[C@@H](CC(=O)OCC1c2ccccc2-c2ccccc21)C(C)C. The fourth-order valence-corrected chi connectivity index (χ4v) is 10.9. The van der Waals surface area contributed by atoms with E-state index < -0.39 is 66.3 Å². The summed E-state index contributed by atoms with van der Waals surface area (Å²) in [5, 5.41) is 9.16. The van der Waals surface area contributed by atoms with Gasteiger partial charge in [-0.25, -0.2) is 9.59 Å². The minimum Gasteiger partial charge on any atom is -0.465 e. The number of hydrogen-bond donors (Lipinski definition) is 1. The van der Waals surface area contributed by atoms with E-state index in [0.717, 1.165) is 44.5 Å². The first-order chi connectivity index (χ1) is 37.9. The number of benzene rings is 4. The fraction of sp³-hybridized carbons (Fsp3) is 0.531. The first-order valence-corrected chi connectivity index (χ1v) is 27.9. The number of esters is 2. The van der Waals surface area contributed by atoms with E-state index in [1.807, 2.05) is 104 Å². The lowest BCUT2D eigenvalue weighted by molar-refractivity contribution is -0.173. The number of carbonyl (C=O) groups is 6. The summed E-state index contributed by atoms with van der Waals surface area (Å²) >= 11 is 0. The molecule has 8 atom stereocenters. The molecule has 0 spiro atoms. The van der Waals surface area contributed by atoms with E-state index in [1.54, 1.807) is 39.8 Å². The van der Waals surface area contributed by atoms with Crippen LogP contribution in [0.5, 0.6) is 0 Å². The topological polar surface area (TPSA) is 194 Å². The monoisotopic (exact) mass is 1110 g/mol. The Kier molecular flexibility index (Phi) is 23.3. The largest absolute Gasteiger partial charge is 0.511 e. The van der Waals surface area contributed by atoms with Crippen molar-refractivity contribution >= 4 is 36.1 Å². The van der Waals surface area contributed by atoms with Gasteiger partial charge in [-0.2, -0.15) is 0 Å². The van der Waals surface area contributed by atoms with Gasteiger partial charge >= 0.3 is 24.2 Å². The molecule has 1 N–H and O–H groups in total. The Morgan fingerprint density at radius 2 is 0.838 bits per heavy atom. The molecule has 16 nitrogen and oxygen atoms in total. The molecule has 0 unspecified atom stereocenters. The number of likely N-dealkylation sites (N-methyl/N-ethyl adjacent to an activating group) is 2. The Morgan fingerprint density at radius 1 is 0.525 bits per heavy atom. The standard InChI is InChI=1S/C34H47NO7.C30H39NO7/c1-10-22(4)30(32(39-9)41-33(38)42-34(5,6)7)35(8)31(37)27(21(2)3)19-29(36)40-20-28-25-17-13-11-15-23(25)24-16-12-14-18-26(24)28;1-7-19(4)27(29(36-6)38-30(34)35)31(5)28(33)24(18(2)3)16-26(32)37-17-25-22-14-10-8-12-20(22)21-13-9-11-15-23(21)25/h11-18,21-22,27-28,30,32H,10,19-20H2,1-9H3;8-15,18-19,24-25,27,29H,7,16-17H2,1-6H3,(H,34,35)/t22-,27-,30-,32+;19-,24-,27-,29+/m00/s1. The van der Waals surface area contributed by atoms with Crippen molar-refractivity contribution in [3.63, 3.8) is 0 Å². The Morgan fingerprint density at radius 3 is 1.11 bits per heavy atom. The van der Waals surface area contributed by atoms with Gasteiger partial charge < -0.3 is 48.1 Å². The van der Waals surface area contributed by atoms with Crippen LogP contribution in [0.1, 0.15) is 136 Å². The van der Waals surface area contributed by atoms with E-state index in [-0.39, 0.29) is 73.4 Å². The molecule has 0 aromatic heterocycles. The molecule has 0 saturated heterocycles. The number of fused-ring (bicyclic) bond motifs is 6. The average molecular weight is 1110 g/mol. The van der Waals surface area contributed by atoms with E-state index >= 15 is 0 Å². The van der Waals surface area contributed by atoms with Crippen molar-refractivity contribution in [3.05, 3.63) is 119 Å². The number of nitrogens with zero attached hydrogens (tertiary/aromatic N) is 2. The molecule has 2 aliphatic rings. The molecule has 0 saturated carbocycles. The minimum absolute atomic E-state index is 0.0560. The first kappa shape index (κ1) is 64.0. The quantitative estimate of drug-likeness (QED) is 0.0395. The number of ether oxygens (including phenoxy) is 7. The molecule has 0 bridgehead atoms. The molecule has 0 heterocycles. The van der Waals surface area contributed by atoms with Crippen LogP contribution < -0.4 is 0 Å². The lowest BCUT2D eigenvalue weighted by atomic mass is 9.89. The third kappa shape index (κ3) is 16.0. The number of rotatable bonds is 24. The lowest BCUT2D eigenvalue weighted by Gasteiger charge is -2.39. The summed E-state index contributed by atoms with van der Waals surface area (Å²) in [6.45, 7) is 21.0. The maximum absolute atomic E-state index is 13.9. The van der Waals surface area contributed by atoms with Crippen molar-refractivity contribution in [3.8, 4) is 22.3 Å². The summed E-state index contributed by atoms with van der Waals surface area (Å²) in [5.41, 5.74) is 8.38. The molecule has 0 aliphatic heterocycles. The van der Waals surface area contributed by atoms with Crippen LogP contribution in [0.25, 0.3) is 22.3 Å². The van der Waals surface area contributed by atoms with Crippen LogP contribution in [-0.4, -0.2) is 123 Å². The highest BCUT2D eigenvalue weighted by Gasteiger charge is 2.42. The molecule has 0 radical (unpaired) electrons. The van der Waals surface area contributed by atoms with E-state index in [9.17, 15) is 28.8 Å². The lowest BCUT2D eigenvalue weighted by Crippen LogP contribution is -2.53. The highest BCUT2D eigenvalue weighted by atomic mass is 16.8. The predicted octanol–water partition coefficient (Wildman–Crippen LogP) is 12.3. The average Bonchev–Trinajstić information content (AvgIpc) is 4.01. The zero-order valence-electron chi connectivity index (χ0n) is 49.6. The summed E-state index contributed by atoms with van der Waals surface area (Å²) in [5.74, 6) is -3.26. The zero-order valence-corrected chi connectivity index (χ0v) is 49.6. The van der Waals surface area contributed by atoms with Crippen LogP contribution in [0.4, 0.5) is 9.59 Å². The Hall–Kier alpha value is -6.78. The Balaban J connectivity index is 0.000000295. The molecule has 80 heavy (non-hydrogen) atoms. The second-order valence-electron chi connectivity index (χ2n) is 22.8. The summed E-state index contributed by atoms with van der Waals surface area (Å²) < 4.78 is 38.2. The maximum atomic E-state index is 13.9. The summed E-state index contributed by atoms with van der Waals surface area (Å²) in [6.07, 6.45) is -3.32. The van der Waals surface area contributed by atoms with E-state index in [4.69, 9.17) is 38.3 Å². The van der Waals surface area contributed by atoms with E-state index in [0.29, 0.717) is 12.8 Å². The maximum Gasteiger partial charge on any atom is 0.511 e. The molecule has 2 aliphatic carbocycles. The third-order valence-electron chi connectivity index (χ3n) is 15.6. The van der Waals surface area contributed by atoms with Crippen LogP contribution in [0.3, 0.4) is 0 Å². The van der Waals surface area contributed by atoms with Gasteiger partial charge in [0.2, 0.25) is 24.4 Å². The van der Waals surface area contributed by atoms with Crippen molar-refractivity contribution in [2.75, 3.05) is 41.5 Å². The van der Waals surface area contributed by atoms with Crippen LogP contribution in [-0.2, 0) is 52.3 Å². The minimum atomic E-state index is -1.48. The van der Waals surface area contributed by atoms with Crippen LogP contribution >= 0.6 is 0 Å². The third-order valence-corrected chi connectivity index (χ3v) is 15.6. The predicted molar refractivity (Wildman–Crippen MR) is 305 cm³/mol. The molecule has 0 fully saturated rings. The highest BCUT2D eigenvalue weighted by Crippen LogP contribution is 2.46. The number of amides is 2. The van der Waals surface area contributed by atoms with Crippen molar-refractivity contribution in [1.82, 2.24) is 9.80 Å². The van der Waals surface area contributed by atoms with E-state index in [2.05, 4.69) is 48.5 Å². The van der Waals surface area contributed by atoms with Gasteiger partial charge in [0.25, 0.3) is 0 Å². The molecule has 4 aromatic rings. The summed E-state index contributed by atoms with van der Waals surface area (Å²) in [6, 6.07) is 31.3. The van der Waals surface area contributed by atoms with Crippen molar-refractivity contribution < 1.29 is 67.0 Å². The summed E-state index contributed by atoms with van der Waals surface area (Å²) in [4.78, 5) is 80.5. The van der Waals surface area contributed by atoms with Crippen molar-refractivity contribution in [1.29, 1.82) is 0 Å². The molecular formula is C64H86N2O14. The van der Waals surface area contributed by atoms with Gasteiger partial charge in [-0.05, 0) is 89.0 Å². The van der Waals surface area contributed by atoms with Crippen LogP contribution in [0.15, 0.2) is 97.1 Å². The second-order valence-corrected chi connectivity index (χ2v) is 22.8. The van der Waals surface area contributed by atoms with Crippen LogP contribution in [0.2, 0.25) is 0 Å². The molecule has 16 heteroatoms. The van der Waals surface area contributed by atoms with Gasteiger partial charge in [0, 0.05) is 40.2 Å². The Bertz CT molecular complexity index is 2640. The second kappa shape index (κ2) is 29.1. The van der Waals surface area contributed by atoms with Gasteiger partial charge in [-0.1, -0.05) is 165 Å². The molecule has 436 valence electrons. The number of methoxy groups -OCH3 is 2. The number of hydrogen-bond acceptors (Lipinski definition) is 13. The van der Waals surface area contributed by atoms with Crippen LogP contribution in [0, 0.1) is 35.5 Å². The smallest absolute Gasteiger partial charge is 0.465 e. The molecule has 2 amide bonds. The van der Waals surface area contributed by atoms with Gasteiger partial charge in [-0.15, -0.1) is 0 Å². The summed E-state index contributed by atoms with van der Waals surface area (Å²) in [7, 11) is 6.04. The van der Waals surface area contributed by atoms with Gasteiger partial charge in [-0.3, -0.25) is 19.2 Å². The van der Waals surface area contributed by atoms with E-state index in [1.165, 1.54) is 19.1 Å². The molecule has 4 aromatic carbocycles. The molecular weight excluding hydrogens is 1020 g/mol. The zero-order chi connectivity index (χ0) is 59.2. The Labute approximate surface area is 473 Å². The normalized spacial score (nSPS) is 15.7. The number of carboxylic acid groups (broad SMARTS) is 1. The molecule has 6 rings (SSSR count). The van der Waals surface area contributed by atoms with Gasteiger partial charge in [0.15, 0.2) is 0 Å². The van der Waals surface area contributed by atoms with Crippen molar-refractivity contribution in [2.45, 2.75) is 144 Å². The van der Waals surface area contributed by atoms with Gasteiger partial charge in [0.1, 0.15) is 18.8 Å².